The standard InChI is InChI=1S/C31H27FN4O6S/c1-20-26(16-21-8-11-24(12-9-21)43(2,39)40)25-13-10-22(32)17-28(25)27(20)18-29(37)33-14-15-41-31(38)34-30-19-36(35-42-30)23-6-4-3-5-7-23/h3-13,16-17,19H,14-15,18H2,1-2H3,(H-,33,34,35,37,38)/b26-16-. The molecular formula is C31H27FN4O6S. The van der Waals surface area contributed by atoms with Gasteiger partial charge in [-0.15, -0.1) is 0 Å². The van der Waals surface area contributed by atoms with Gasteiger partial charge in [-0.3, -0.25) is 9.32 Å². The molecule has 220 valence electrons. The van der Waals surface area contributed by atoms with Crippen molar-refractivity contribution in [3.63, 3.8) is 0 Å². The number of amides is 1. The number of allylic oxidation sites excluding steroid dienone is 2. The lowest BCUT2D eigenvalue weighted by Crippen LogP contribution is -2.31. The second-order valence-electron chi connectivity index (χ2n) is 9.77. The SMILES string of the molecule is CC1=C(CC(=O)NCCO/C([O-])=N/c2c[n+](-c3ccccc3)no2)c2cc(F)ccc2/C1=C\c1ccc(S(C)(=O)=O)cc1. The number of hydrogen-bond donors (Lipinski definition) is 1. The number of fused-ring (bicyclic) bond motifs is 1. The first-order chi connectivity index (χ1) is 20.6. The number of aromatic nitrogens is 2. The molecule has 1 N–H and O–H groups in total. The smallest absolute Gasteiger partial charge is 0.323 e. The van der Waals surface area contributed by atoms with E-state index in [0.29, 0.717) is 11.1 Å². The van der Waals surface area contributed by atoms with E-state index in [9.17, 15) is 22.7 Å². The fraction of sp³-hybridized carbons (Fsp3) is 0.161. The number of aliphatic imine (C=N–C) groups is 1. The van der Waals surface area contributed by atoms with Crippen LogP contribution in [-0.4, -0.2) is 45.1 Å². The summed E-state index contributed by atoms with van der Waals surface area (Å²) in [6.45, 7) is 1.77. The zero-order valence-corrected chi connectivity index (χ0v) is 24.1. The molecule has 1 aromatic heterocycles. The summed E-state index contributed by atoms with van der Waals surface area (Å²) in [4.78, 5) is 16.7. The Morgan fingerprint density at radius 3 is 2.58 bits per heavy atom. The summed E-state index contributed by atoms with van der Waals surface area (Å²) in [7, 11) is -3.33. The van der Waals surface area contributed by atoms with E-state index in [-0.39, 0.29) is 36.3 Å². The molecule has 0 aliphatic heterocycles. The van der Waals surface area contributed by atoms with Crippen molar-refractivity contribution in [1.82, 2.24) is 10.6 Å². The molecule has 1 amide bonds. The van der Waals surface area contributed by atoms with Gasteiger partial charge in [-0.1, -0.05) is 36.4 Å². The van der Waals surface area contributed by atoms with Crippen molar-refractivity contribution in [2.24, 2.45) is 4.99 Å². The number of carbonyl (C=O) groups is 1. The van der Waals surface area contributed by atoms with E-state index >= 15 is 0 Å². The molecule has 0 spiro atoms. The van der Waals surface area contributed by atoms with Gasteiger partial charge in [0.05, 0.1) is 11.3 Å². The average Bonchev–Trinajstić information content (AvgIpc) is 3.54. The lowest BCUT2D eigenvalue weighted by molar-refractivity contribution is -0.670. The van der Waals surface area contributed by atoms with Gasteiger partial charge in [0, 0.05) is 31.5 Å². The fourth-order valence-corrected chi connectivity index (χ4v) is 5.25. The highest BCUT2D eigenvalue weighted by atomic mass is 32.2. The summed E-state index contributed by atoms with van der Waals surface area (Å²) in [6, 6.07) is 20.0. The number of hydrogen-bond acceptors (Lipinski definition) is 8. The van der Waals surface area contributed by atoms with Crippen molar-refractivity contribution in [3.05, 3.63) is 107 Å². The predicted octanol–water partition coefficient (Wildman–Crippen LogP) is 3.39. The third kappa shape index (κ3) is 7.04. The third-order valence-corrected chi connectivity index (χ3v) is 7.87. The van der Waals surface area contributed by atoms with Gasteiger partial charge < -0.3 is 15.2 Å². The van der Waals surface area contributed by atoms with Crippen LogP contribution in [0.5, 0.6) is 0 Å². The molecule has 0 unspecified atom stereocenters. The van der Waals surface area contributed by atoms with Crippen molar-refractivity contribution in [2.75, 3.05) is 19.4 Å². The van der Waals surface area contributed by atoms with Crippen LogP contribution in [0.1, 0.15) is 30.0 Å². The summed E-state index contributed by atoms with van der Waals surface area (Å²) in [5.74, 6) is -0.807. The monoisotopic (exact) mass is 602 g/mol. The first kappa shape index (κ1) is 29.4. The molecule has 1 aliphatic carbocycles. The molecule has 0 fully saturated rings. The van der Waals surface area contributed by atoms with E-state index in [1.54, 1.807) is 18.2 Å². The lowest BCUT2D eigenvalue weighted by Gasteiger charge is -2.14. The normalized spacial score (nSPS) is 14.2. The van der Waals surface area contributed by atoms with Crippen LogP contribution in [0.25, 0.3) is 22.9 Å². The summed E-state index contributed by atoms with van der Waals surface area (Å²) in [6.07, 6.45) is 3.53. The summed E-state index contributed by atoms with van der Waals surface area (Å²) >= 11 is 0. The van der Waals surface area contributed by atoms with E-state index in [0.717, 1.165) is 34.2 Å². The molecule has 0 radical (unpaired) electrons. The van der Waals surface area contributed by atoms with Crippen molar-refractivity contribution in [2.45, 2.75) is 18.2 Å². The Morgan fingerprint density at radius 2 is 1.86 bits per heavy atom. The van der Waals surface area contributed by atoms with Crippen LogP contribution in [0, 0.1) is 5.82 Å². The van der Waals surface area contributed by atoms with Crippen LogP contribution < -0.4 is 15.1 Å². The Hall–Kier alpha value is -5.10. The zero-order chi connectivity index (χ0) is 30.6. The van der Waals surface area contributed by atoms with Crippen LogP contribution >= 0.6 is 0 Å². The van der Waals surface area contributed by atoms with Crippen molar-refractivity contribution in [3.8, 4) is 5.69 Å². The van der Waals surface area contributed by atoms with Crippen molar-refractivity contribution < 1.29 is 36.7 Å². The second-order valence-corrected chi connectivity index (χ2v) is 11.8. The van der Waals surface area contributed by atoms with Crippen molar-refractivity contribution in [1.29, 1.82) is 0 Å². The van der Waals surface area contributed by atoms with Gasteiger partial charge in [0.15, 0.2) is 15.9 Å². The summed E-state index contributed by atoms with van der Waals surface area (Å²) < 4.78 is 49.3. The number of carbonyl (C=O) groups excluding carboxylic acids is 1. The number of benzene rings is 3. The number of halogens is 1. The number of rotatable bonds is 9. The summed E-state index contributed by atoms with van der Waals surface area (Å²) in [5.41, 5.74) is 5.13. The topological polar surface area (TPSA) is 138 Å². The molecule has 12 heteroatoms. The summed E-state index contributed by atoms with van der Waals surface area (Å²) in [5, 5.41) is 18.6. The predicted molar refractivity (Wildman–Crippen MR) is 155 cm³/mol. The molecule has 0 saturated heterocycles. The molecular weight excluding hydrogens is 575 g/mol. The Balaban J connectivity index is 1.21. The minimum Gasteiger partial charge on any atom is -0.598 e. The molecule has 0 atom stereocenters. The highest BCUT2D eigenvalue weighted by molar-refractivity contribution is 7.90. The number of para-hydroxylation sites is 1. The first-order valence-electron chi connectivity index (χ1n) is 13.2. The van der Waals surface area contributed by atoms with E-state index < -0.39 is 21.7 Å². The van der Waals surface area contributed by atoms with Gasteiger partial charge in [-0.25, -0.2) is 12.8 Å². The Labute approximate surface area is 247 Å². The van der Waals surface area contributed by atoms with Crippen LogP contribution in [0.3, 0.4) is 0 Å². The van der Waals surface area contributed by atoms with E-state index in [4.69, 9.17) is 9.26 Å². The van der Waals surface area contributed by atoms with Gasteiger partial charge in [0.1, 0.15) is 5.82 Å². The number of nitrogens with one attached hydrogen (secondary N) is 1. The molecule has 3 aromatic carbocycles. The van der Waals surface area contributed by atoms with Crippen LogP contribution in [-0.2, 0) is 19.4 Å². The second kappa shape index (κ2) is 12.4. The van der Waals surface area contributed by atoms with Gasteiger partial charge in [0.2, 0.25) is 16.9 Å². The largest absolute Gasteiger partial charge is 0.598 e. The van der Waals surface area contributed by atoms with Crippen LogP contribution in [0.4, 0.5) is 10.3 Å². The Bertz CT molecular complexity index is 1860. The zero-order valence-electron chi connectivity index (χ0n) is 23.3. The molecule has 1 heterocycles. The van der Waals surface area contributed by atoms with Gasteiger partial charge in [-0.2, -0.15) is 4.99 Å². The van der Waals surface area contributed by atoms with Gasteiger partial charge >= 0.3 is 5.88 Å². The number of sulfone groups is 1. The van der Waals surface area contributed by atoms with Crippen LogP contribution in [0.2, 0.25) is 0 Å². The van der Waals surface area contributed by atoms with E-state index in [2.05, 4.69) is 15.6 Å². The number of nitrogens with zero attached hydrogens (tertiary/aromatic N) is 3. The first-order valence-corrected chi connectivity index (χ1v) is 15.1. The Kier molecular flexibility index (Phi) is 8.48. The van der Waals surface area contributed by atoms with Gasteiger partial charge in [0.25, 0.3) is 6.20 Å². The minimum atomic E-state index is -3.33. The molecule has 0 bridgehead atoms. The maximum Gasteiger partial charge on any atom is 0.323 e. The average molecular weight is 603 g/mol. The molecule has 4 aromatic rings. The van der Waals surface area contributed by atoms with Gasteiger partial charge in [-0.05, 0) is 75.4 Å². The lowest BCUT2D eigenvalue weighted by atomic mass is 10.0. The molecule has 5 rings (SSSR count). The molecule has 10 nitrogen and oxygen atoms in total. The van der Waals surface area contributed by atoms with E-state index in [1.807, 2.05) is 43.3 Å². The highest BCUT2D eigenvalue weighted by Gasteiger charge is 2.26. The third-order valence-electron chi connectivity index (χ3n) is 6.74. The molecule has 43 heavy (non-hydrogen) atoms. The minimum absolute atomic E-state index is 0.0253. The molecule has 1 aliphatic rings. The Morgan fingerprint density at radius 1 is 1.12 bits per heavy atom. The maximum absolute atomic E-state index is 14.2. The quantitative estimate of drug-likeness (QED) is 0.134. The maximum atomic E-state index is 14.2. The highest BCUT2D eigenvalue weighted by Crippen LogP contribution is 2.43. The molecule has 0 saturated carbocycles. The van der Waals surface area contributed by atoms with Crippen molar-refractivity contribution >= 4 is 44.9 Å². The fourth-order valence-electron chi connectivity index (χ4n) is 4.62. The van der Waals surface area contributed by atoms with E-state index in [1.165, 1.54) is 35.1 Å². The van der Waals surface area contributed by atoms with Crippen LogP contribution in [0.15, 0.2) is 99.0 Å². The number of ether oxygens (including phenoxy) is 1.